The van der Waals surface area contributed by atoms with Crippen LogP contribution in [-0.2, 0) is 6.18 Å². The molecule has 7 heteroatoms. The van der Waals surface area contributed by atoms with E-state index in [0.29, 0.717) is 28.0 Å². The van der Waals surface area contributed by atoms with Crippen molar-refractivity contribution in [1.29, 1.82) is 0 Å². The lowest BCUT2D eigenvalue weighted by molar-refractivity contribution is -0.136. The largest absolute Gasteiger partial charge is 0.427 e. The molecule has 0 saturated heterocycles. The first-order chi connectivity index (χ1) is 10.7. The zero-order valence-electron chi connectivity index (χ0n) is 13.2. The van der Waals surface area contributed by atoms with Gasteiger partial charge in [-0.25, -0.2) is 4.98 Å². The molecule has 3 nitrogen and oxygen atoms in total. The number of rotatable bonds is 3. The summed E-state index contributed by atoms with van der Waals surface area (Å²) in [7, 11) is 0. The van der Waals surface area contributed by atoms with Gasteiger partial charge in [0, 0.05) is 0 Å². The number of alkyl halides is 3. The second-order valence-corrected chi connectivity index (χ2v) is 8.31. The van der Waals surface area contributed by atoms with Crippen molar-refractivity contribution in [3.05, 3.63) is 23.1 Å². The summed E-state index contributed by atoms with van der Waals surface area (Å²) < 4.78 is 41.2. The minimum atomic E-state index is -4.45. The Morgan fingerprint density at radius 2 is 2.04 bits per heavy atom. The van der Waals surface area contributed by atoms with Gasteiger partial charge < -0.3 is 5.11 Å². The van der Waals surface area contributed by atoms with Crippen molar-refractivity contribution in [2.45, 2.75) is 58.2 Å². The highest BCUT2D eigenvalue weighted by Crippen LogP contribution is 2.44. The first-order valence-electron chi connectivity index (χ1n) is 7.87. The summed E-state index contributed by atoms with van der Waals surface area (Å²) in [6.45, 7) is 4.44. The molecule has 1 aliphatic carbocycles. The second kappa shape index (κ2) is 5.77. The molecule has 1 N–H and O–H groups in total. The average Bonchev–Trinajstić information content (AvgIpc) is 3.00. The number of halogens is 3. The highest BCUT2D eigenvalue weighted by molar-refractivity contribution is 7.17. The van der Waals surface area contributed by atoms with Crippen LogP contribution in [0, 0.1) is 11.3 Å². The lowest BCUT2D eigenvalue weighted by atomic mass is 9.72. The van der Waals surface area contributed by atoms with Crippen molar-refractivity contribution in [2.24, 2.45) is 11.3 Å². The number of fused-ring (bicyclic) bond motifs is 1. The molecule has 2 heterocycles. The monoisotopic (exact) mass is 346 g/mol. The van der Waals surface area contributed by atoms with Gasteiger partial charge in [0.25, 0.3) is 0 Å². The molecule has 128 valence electrons. The molecule has 0 amide bonds. The first kappa shape index (κ1) is 16.8. The van der Waals surface area contributed by atoms with Crippen molar-refractivity contribution < 1.29 is 18.3 Å². The molecule has 3 rings (SSSR count). The van der Waals surface area contributed by atoms with Crippen molar-refractivity contribution in [1.82, 2.24) is 9.38 Å². The van der Waals surface area contributed by atoms with Crippen LogP contribution in [0.5, 0.6) is 0 Å². The van der Waals surface area contributed by atoms with Gasteiger partial charge in [0.15, 0.2) is 0 Å². The minimum absolute atomic E-state index is 0.0557. The van der Waals surface area contributed by atoms with Gasteiger partial charge in [0.1, 0.15) is 16.0 Å². The summed E-state index contributed by atoms with van der Waals surface area (Å²) >= 11 is 0.643. The summed E-state index contributed by atoms with van der Waals surface area (Å²) in [5, 5.41) is 10.5. The molecule has 2 aromatic heterocycles. The van der Waals surface area contributed by atoms with Crippen LogP contribution in [0.25, 0.3) is 4.83 Å². The average molecular weight is 346 g/mol. The summed E-state index contributed by atoms with van der Waals surface area (Å²) in [6.07, 6.45) is 1.61. The van der Waals surface area contributed by atoms with Gasteiger partial charge in [-0.1, -0.05) is 13.8 Å². The molecule has 1 saturated carbocycles. The van der Waals surface area contributed by atoms with E-state index in [0.717, 1.165) is 25.7 Å². The summed E-state index contributed by atoms with van der Waals surface area (Å²) in [6, 6.07) is 0. The Morgan fingerprint density at radius 1 is 1.39 bits per heavy atom. The topological polar surface area (TPSA) is 37.5 Å². The number of aliphatic hydroxyl groups excluding tert-OH is 1. The lowest BCUT2D eigenvalue weighted by Gasteiger charge is -2.35. The number of hydrogen-bond donors (Lipinski definition) is 1. The highest BCUT2D eigenvalue weighted by Gasteiger charge is 2.40. The number of thiazole rings is 1. The number of hydrogen-bond acceptors (Lipinski definition) is 3. The Balaban J connectivity index is 1.83. The van der Waals surface area contributed by atoms with E-state index in [1.165, 1.54) is 16.9 Å². The summed E-state index contributed by atoms with van der Waals surface area (Å²) in [5.41, 5.74) is 0.248. The van der Waals surface area contributed by atoms with Gasteiger partial charge >= 0.3 is 6.18 Å². The maximum atomic E-state index is 13.3. The van der Waals surface area contributed by atoms with Crippen LogP contribution in [0.1, 0.15) is 62.6 Å². The number of aromatic nitrogens is 2. The molecule has 0 aliphatic heterocycles. The molecule has 23 heavy (non-hydrogen) atoms. The predicted octanol–water partition coefficient (Wildman–Crippen LogP) is 5.05. The van der Waals surface area contributed by atoms with Gasteiger partial charge in [-0.05, 0) is 43.4 Å². The maximum absolute atomic E-state index is 13.3. The van der Waals surface area contributed by atoms with E-state index in [-0.39, 0.29) is 11.6 Å². The van der Waals surface area contributed by atoms with E-state index in [1.54, 1.807) is 0 Å². The highest BCUT2D eigenvalue weighted by atomic mass is 32.1. The standard InChI is InChI=1S/C16H21F3N2OS/c1-15(2)5-3-10(4-6-15)7-11(22)13-14(16(17,18)19)23-12-8-20-9-21(12)13/h8-11,22H,3-7H2,1-2H3. The fourth-order valence-electron chi connectivity index (χ4n) is 3.44. The third-order valence-corrected chi connectivity index (χ3v) is 6.05. The van der Waals surface area contributed by atoms with Crippen molar-refractivity contribution in [3.63, 3.8) is 0 Å². The Kier molecular flexibility index (Phi) is 4.21. The smallest absolute Gasteiger partial charge is 0.387 e. The van der Waals surface area contributed by atoms with Crippen LogP contribution in [0.2, 0.25) is 0 Å². The first-order valence-corrected chi connectivity index (χ1v) is 8.69. The maximum Gasteiger partial charge on any atom is 0.427 e. The van der Waals surface area contributed by atoms with E-state index in [2.05, 4.69) is 18.8 Å². The van der Waals surface area contributed by atoms with E-state index in [4.69, 9.17) is 0 Å². The zero-order chi connectivity index (χ0) is 16.8. The fourth-order valence-corrected chi connectivity index (χ4v) is 4.46. The van der Waals surface area contributed by atoms with Crippen LogP contribution in [-0.4, -0.2) is 14.5 Å². The van der Waals surface area contributed by atoms with Crippen LogP contribution < -0.4 is 0 Å². The minimum Gasteiger partial charge on any atom is -0.387 e. The van der Waals surface area contributed by atoms with Gasteiger partial charge in [-0.15, -0.1) is 11.3 Å². The Morgan fingerprint density at radius 3 is 2.65 bits per heavy atom. The van der Waals surface area contributed by atoms with Crippen molar-refractivity contribution in [2.75, 3.05) is 0 Å². The Labute approximate surface area is 137 Å². The number of aliphatic hydroxyl groups is 1. The van der Waals surface area contributed by atoms with E-state index >= 15 is 0 Å². The Bertz CT molecular complexity index is 679. The Hall–Kier alpha value is -1.08. The van der Waals surface area contributed by atoms with Gasteiger partial charge in [-0.3, -0.25) is 4.40 Å². The van der Waals surface area contributed by atoms with Crippen LogP contribution >= 0.6 is 11.3 Å². The normalized spacial score (nSPS) is 21.0. The third kappa shape index (κ3) is 3.40. The zero-order valence-corrected chi connectivity index (χ0v) is 14.0. The fraction of sp³-hybridized carbons (Fsp3) is 0.688. The van der Waals surface area contributed by atoms with Gasteiger partial charge in [-0.2, -0.15) is 13.2 Å². The molecule has 1 atom stereocenters. The van der Waals surface area contributed by atoms with Crippen LogP contribution in [0.15, 0.2) is 12.5 Å². The molecule has 2 aromatic rings. The molecule has 1 aliphatic rings. The quantitative estimate of drug-likeness (QED) is 0.844. The molecular formula is C16H21F3N2OS. The molecule has 0 spiro atoms. The van der Waals surface area contributed by atoms with E-state index in [1.807, 2.05) is 0 Å². The number of nitrogens with zero attached hydrogens (tertiary/aromatic N) is 2. The predicted molar refractivity (Wildman–Crippen MR) is 83.4 cm³/mol. The summed E-state index contributed by atoms with van der Waals surface area (Å²) in [4.78, 5) is 3.59. The third-order valence-electron chi connectivity index (χ3n) is 4.89. The lowest BCUT2D eigenvalue weighted by Crippen LogP contribution is -2.23. The molecule has 0 bridgehead atoms. The molecule has 1 unspecified atom stereocenters. The molecule has 0 aromatic carbocycles. The van der Waals surface area contributed by atoms with Gasteiger partial charge in [0.2, 0.25) is 0 Å². The van der Waals surface area contributed by atoms with E-state index < -0.39 is 17.2 Å². The molecular weight excluding hydrogens is 325 g/mol. The molecule has 1 fully saturated rings. The van der Waals surface area contributed by atoms with Crippen LogP contribution in [0.3, 0.4) is 0 Å². The van der Waals surface area contributed by atoms with Crippen molar-refractivity contribution >= 4 is 16.2 Å². The summed E-state index contributed by atoms with van der Waals surface area (Å²) in [5.74, 6) is 0.276. The van der Waals surface area contributed by atoms with E-state index in [9.17, 15) is 18.3 Å². The molecule has 0 radical (unpaired) electrons. The van der Waals surface area contributed by atoms with Crippen LogP contribution in [0.4, 0.5) is 13.2 Å². The van der Waals surface area contributed by atoms with Gasteiger partial charge in [0.05, 0.1) is 18.0 Å². The van der Waals surface area contributed by atoms with Crippen molar-refractivity contribution in [3.8, 4) is 0 Å². The second-order valence-electron chi connectivity index (χ2n) is 7.28. The SMILES string of the molecule is CC1(C)CCC(CC(O)c2c(C(F)(F)F)sc3cncn23)CC1. The number of imidazole rings is 1.